The largest absolute Gasteiger partial charge is 0.370 e. The van der Waals surface area contributed by atoms with Gasteiger partial charge in [0.1, 0.15) is 0 Å². The number of para-hydroxylation sites is 1. The van der Waals surface area contributed by atoms with E-state index in [4.69, 9.17) is 0 Å². The van der Waals surface area contributed by atoms with Crippen molar-refractivity contribution in [3.63, 3.8) is 0 Å². The number of benzene rings is 3. The molecule has 1 heterocycles. The lowest BCUT2D eigenvalue weighted by molar-refractivity contribution is 0.607. The first-order valence-electron chi connectivity index (χ1n) is 9.09. The Labute approximate surface area is 166 Å². The molecule has 0 radical (unpaired) electrons. The summed E-state index contributed by atoms with van der Waals surface area (Å²) in [5.41, 5.74) is 7.43. The van der Waals surface area contributed by atoms with Gasteiger partial charge in [0.05, 0.1) is 6.26 Å². The Morgan fingerprint density at radius 3 is 2.43 bits per heavy atom. The predicted molar refractivity (Wildman–Crippen MR) is 117 cm³/mol. The van der Waals surface area contributed by atoms with Crippen LogP contribution in [0.1, 0.15) is 22.3 Å². The molecule has 0 saturated carbocycles. The minimum absolute atomic E-state index is 0.559. The van der Waals surface area contributed by atoms with Crippen LogP contribution in [0, 0.1) is 0 Å². The first-order valence-corrected chi connectivity index (χ1v) is 11.0. The molecule has 28 heavy (non-hydrogen) atoms. The van der Waals surface area contributed by atoms with Crippen molar-refractivity contribution in [1.29, 1.82) is 0 Å². The maximum absolute atomic E-state index is 11.6. The van der Waals surface area contributed by atoms with Crippen LogP contribution < -0.4 is 9.62 Å². The summed E-state index contributed by atoms with van der Waals surface area (Å²) in [5.74, 6) is 0. The van der Waals surface area contributed by atoms with E-state index in [0.717, 1.165) is 29.5 Å². The van der Waals surface area contributed by atoms with E-state index in [1.54, 1.807) is 6.07 Å². The van der Waals surface area contributed by atoms with Crippen LogP contribution in [0.25, 0.3) is 11.6 Å². The van der Waals surface area contributed by atoms with Crippen molar-refractivity contribution in [1.82, 2.24) is 0 Å². The summed E-state index contributed by atoms with van der Waals surface area (Å²) in [6, 6.07) is 24.3. The van der Waals surface area contributed by atoms with E-state index in [-0.39, 0.29) is 0 Å². The van der Waals surface area contributed by atoms with E-state index in [0.29, 0.717) is 5.69 Å². The highest BCUT2D eigenvalue weighted by Gasteiger charge is 2.20. The summed E-state index contributed by atoms with van der Waals surface area (Å²) in [7, 11) is -1.21. The first kappa shape index (κ1) is 18.3. The van der Waals surface area contributed by atoms with Crippen molar-refractivity contribution in [2.45, 2.75) is 6.54 Å². The lowest BCUT2D eigenvalue weighted by Crippen LogP contribution is -2.16. The average molecular weight is 391 g/mol. The minimum Gasteiger partial charge on any atom is -0.370 e. The summed E-state index contributed by atoms with van der Waals surface area (Å²) in [6.07, 6.45) is 3.29. The fourth-order valence-corrected chi connectivity index (χ4v) is 4.22. The molecule has 4 nitrogen and oxygen atoms in total. The molecule has 0 amide bonds. The molecule has 1 aliphatic heterocycles. The SMILES string of the molecule is CN1Cc2ccccc2C(=Cc2cccc(NS(C)(=O)=O)c2)c2ccccc21. The van der Waals surface area contributed by atoms with Crippen molar-refractivity contribution in [2.24, 2.45) is 0 Å². The zero-order valence-electron chi connectivity index (χ0n) is 15.9. The summed E-state index contributed by atoms with van der Waals surface area (Å²) >= 11 is 0. The number of fused-ring (bicyclic) bond motifs is 2. The number of anilines is 2. The zero-order chi connectivity index (χ0) is 19.7. The Morgan fingerprint density at radius 2 is 1.64 bits per heavy atom. The summed E-state index contributed by atoms with van der Waals surface area (Å²) in [4.78, 5) is 2.26. The van der Waals surface area contributed by atoms with Gasteiger partial charge in [-0.15, -0.1) is 0 Å². The number of nitrogens with zero attached hydrogens (tertiary/aromatic N) is 1. The Morgan fingerprint density at radius 1 is 0.929 bits per heavy atom. The molecule has 0 aromatic heterocycles. The molecule has 0 aliphatic carbocycles. The highest BCUT2D eigenvalue weighted by molar-refractivity contribution is 7.92. The fourth-order valence-electron chi connectivity index (χ4n) is 3.67. The second-order valence-electron chi connectivity index (χ2n) is 7.09. The van der Waals surface area contributed by atoms with Crippen LogP contribution in [-0.2, 0) is 16.6 Å². The lowest BCUT2D eigenvalue weighted by Gasteiger charge is -2.19. The smallest absolute Gasteiger partial charge is 0.229 e. The van der Waals surface area contributed by atoms with Gasteiger partial charge in [0, 0.05) is 30.5 Å². The van der Waals surface area contributed by atoms with Crippen molar-refractivity contribution < 1.29 is 8.42 Å². The average Bonchev–Trinajstić information content (AvgIpc) is 2.76. The van der Waals surface area contributed by atoms with Crippen LogP contribution in [-0.4, -0.2) is 21.7 Å². The monoisotopic (exact) mass is 390 g/mol. The predicted octanol–water partition coefficient (Wildman–Crippen LogP) is 4.60. The second kappa shape index (κ2) is 7.17. The van der Waals surface area contributed by atoms with Gasteiger partial charge < -0.3 is 4.90 Å². The molecule has 1 N–H and O–H groups in total. The Balaban J connectivity index is 1.89. The van der Waals surface area contributed by atoms with Gasteiger partial charge in [0.15, 0.2) is 0 Å². The Hall–Kier alpha value is -3.05. The van der Waals surface area contributed by atoms with Gasteiger partial charge in [0.25, 0.3) is 0 Å². The maximum Gasteiger partial charge on any atom is 0.229 e. The van der Waals surface area contributed by atoms with Crippen LogP contribution in [0.2, 0.25) is 0 Å². The summed E-state index contributed by atoms with van der Waals surface area (Å²) in [6.45, 7) is 0.834. The Kier molecular flexibility index (Phi) is 4.69. The van der Waals surface area contributed by atoms with Crippen molar-refractivity contribution >= 4 is 33.0 Å². The maximum atomic E-state index is 11.6. The minimum atomic E-state index is -3.31. The third-order valence-electron chi connectivity index (χ3n) is 4.82. The molecule has 1 aliphatic rings. The van der Waals surface area contributed by atoms with E-state index in [1.165, 1.54) is 16.8 Å². The van der Waals surface area contributed by atoms with Crippen molar-refractivity contribution in [3.8, 4) is 0 Å². The van der Waals surface area contributed by atoms with Gasteiger partial charge in [-0.3, -0.25) is 4.72 Å². The summed E-state index contributed by atoms with van der Waals surface area (Å²) in [5, 5.41) is 0. The molecule has 4 rings (SSSR count). The van der Waals surface area contributed by atoms with Crippen molar-refractivity contribution in [2.75, 3.05) is 22.9 Å². The molecular formula is C23H22N2O2S. The molecule has 5 heteroatoms. The van der Waals surface area contributed by atoms with E-state index >= 15 is 0 Å². The fraction of sp³-hybridized carbons (Fsp3) is 0.130. The summed E-state index contributed by atoms with van der Waals surface area (Å²) < 4.78 is 25.7. The molecular weight excluding hydrogens is 368 g/mol. The topological polar surface area (TPSA) is 49.4 Å². The lowest BCUT2D eigenvalue weighted by atomic mass is 9.92. The van der Waals surface area contributed by atoms with Crippen LogP contribution in [0.15, 0.2) is 72.8 Å². The van der Waals surface area contributed by atoms with Crippen LogP contribution >= 0.6 is 0 Å². The molecule has 0 bridgehead atoms. The molecule has 0 saturated heterocycles. The van der Waals surface area contributed by atoms with Gasteiger partial charge in [0.2, 0.25) is 10.0 Å². The molecule has 0 unspecified atom stereocenters. The van der Waals surface area contributed by atoms with E-state index < -0.39 is 10.0 Å². The molecule has 0 atom stereocenters. The second-order valence-corrected chi connectivity index (χ2v) is 8.84. The van der Waals surface area contributed by atoms with E-state index in [9.17, 15) is 8.42 Å². The van der Waals surface area contributed by atoms with E-state index in [2.05, 4.69) is 71.3 Å². The molecule has 3 aromatic carbocycles. The van der Waals surface area contributed by atoms with Gasteiger partial charge in [-0.25, -0.2) is 8.42 Å². The molecule has 0 fully saturated rings. The third kappa shape index (κ3) is 3.80. The van der Waals surface area contributed by atoms with Crippen LogP contribution in [0.5, 0.6) is 0 Å². The highest BCUT2D eigenvalue weighted by Crippen LogP contribution is 2.38. The van der Waals surface area contributed by atoms with Crippen LogP contribution in [0.3, 0.4) is 0 Å². The molecule has 0 spiro atoms. The number of rotatable bonds is 3. The highest BCUT2D eigenvalue weighted by atomic mass is 32.2. The quantitative estimate of drug-likeness (QED) is 0.711. The zero-order valence-corrected chi connectivity index (χ0v) is 16.7. The third-order valence-corrected chi connectivity index (χ3v) is 5.43. The van der Waals surface area contributed by atoms with Gasteiger partial charge >= 0.3 is 0 Å². The first-order chi connectivity index (χ1) is 13.4. The number of hydrogen-bond donors (Lipinski definition) is 1. The van der Waals surface area contributed by atoms with Gasteiger partial charge in [-0.2, -0.15) is 0 Å². The van der Waals surface area contributed by atoms with Crippen molar-refractivity contribution in [3.05, 3.63) is 95.1 Å². The molecule has 142 valence electrons. The number of sulfonamides is 1. The standard InChI is InChI=1S/C23H22N2O2S/c1-25-16-18-9-3-4-11-20(18)22(21-12-5-6-13-23(21)25)15-17-8-7-10-19(14-17)24-28(2,26)27/h3-15,24H,16H2,1-2H3. The normalized spacial score (nSPS) is 14.9. The van der Waals surface area contributed by atoms with Crippen LogP contribution in [0.4, 0.5) is 11.4 Å². The Bertz CT molecular complexity index is 1170. The number of nitrogens with one attached hydrogen (secondary N) is 1. The molecule has 3 aromatic rings. The van der Waals surface area contributed by atoms with E-state index in [1.807, 2.05) is 18.2 Å². The van der Waals surface area contributed by atoms with Gasteiger partial charge in [-0.1, -0.05) is 54.6 Å². The van der Waals surface area contributed by atoms with Gasteiger partial charge in [-0.05, 0) is 46.5 Å². The number of hydrogen-bond acceptors (Lipinski definition) is 3.